The van der Waals surface area contributed by atoms with Crippen molar-refractivity contribution in [2.75, 3.05) is 4.90 Å². The molecule has 0 fully saturated rings. The highest BCUT2D eigenvalue weighted by Crippen LogP contribution is 2.26. The number of carbonyl (C=O) groups excluding carboxylic acids is 2. The molecule has 0 aliphatic carbocycles. The van der Waals surface area contributed by atoms with E-state index in [0.717, 1.165) is 11.3 Å². The van der Waals surface area contributed by atoms with Gasteiger partial charge in [0.25, 0.3) is 0 Å². The van der Waals surface area contributed by atoms with Gasteiger partial charge in [0, 0.05) is 5.38 Å². The second-order valence-electron chi connectivity index (χ2n) is 8.96. The Morgan fingerprint density at radius 1 is 0.938 bits per heavy atom. The van der Waals surface area contributed by atoms with Crippen LogP contribution in [0.2, 0.25) is 0 Å². The molecule has 1 aromatic rings. The number of ether oxygens (including phenoxy) is 2. The summed E-state index contributed by atoms with van der Waals surface area (Å²) in [4.78, 5) is 57.5. The molecule has 0 aromatic carbocycles. The molecule has 1 rings (SSSR count). The first-order chi connectivity index (χ1) is 14.3. The molecule has 178 valence electrons. The highest BCUT2D eigenvalue weighted by Gasteiger charge is 2.36. The van der Waals surface area contributed by atoms with E-state index in [4.69, 9.17) is 19.4 Å². The Morgan fingerprint density at radius 2 is 1.41 bits per heavy atom. The Labute approximate surface area is 188 Å². The molecule has 13 heteroatoms. The van der Waals surface area contributed by atoms with Gasteiger partial charge in [0.2, 0.25) is 16.4 Å². The van der Waals surface area contributed by atoms with Gasteiger partial charge in [0.05, 0.1) is 0 Å². The number of thiazole rings is 1. The molecule has 0 aliphatic heterocycles. The minimum atomic E-state index is -1.81. The lowest BCUT2D eigenvalue weighted by atomic mass is 10.1. The predicted octanol–water partition coefficient (Wildman–Crippen LogP) is 3.49. The number of nitrogens with zero attached hydrogens (tertiary/aromatic N) is 3. The summed E-state index contributed by atoms with van der Waals surface area (Å²) in [6, 6.07) is 0. The maximum atomic E-state index is 12.7. The monoisotopic (exact) mass is 473 g/mol. The molecule has 0 unspecified atom stereocenters. The zero-order valence-corrected chi connectivity index (χ0v) is 19.9. The molecule has 2 amide bonds. The molecule has 0 spiro atoms. The van der Waals surface area contributed by atoms with Gasteiger partial charge in [0.1, 0.15) is 16.9 Å². The van der Waals surface area contributed by atoms with Crippen LogP contribution in [0.4, 0.5) is 14.7 Å². The molecule has 0 aliphatic rings. The predicted molar refractivity (Wildman–Crippen MR) is 114 cm³/mol. The number of hydrogen-bond acceptors (Lipinski definition) is 10. The van der Waals surface area contributed by atoms with E-state index in [9.17, 15) is 24.3 Å². The van der Waals surface area contributed by atoms with Crippen molar-refractivity contribution in [2.24, 2.45) is 5.16 Å². The van der Waals surface area contributed by atoms with Crippen LogP contribution in [0.3, 0.4) is 0 Å². The van der Waals surface area contributed by atoms with Gasteiger partial charge in [-0.3, -0.25) is 0 Å². The quantitative estimate of drug-likeness (QED) is 0.461. The van der Waals surface area contributed by atoms with Crippen molar-refractivity contribution in [1.29, 1.82) is 0 Å². The fraction of sp³-hybridized carbons (Fsp3) is 0.579. The molecule has 0 atom stereocenters. The number of hydrogen-bond donors (Lipinski definition) is 2. The largest absolute Gasteiger partial charge is 0.478 e. The molecule has 2 N–H and O–H groups in total. The van der Waals surface area contributed by atoms with E-state index < -0.39 is 46.6 Å². The molecular weight excluding hydrogens is 446 g/mol. The molecule has 1 heterocycles. The number of aliphatic carboxylic acids is 2. The van der Waals surface area contributed by atoms with Crippen molar-refractivity contribution in [3.63, 3.8) is 0 Å². The van der Waals surface area contributed by atoms with Gasteiger partial charge in [0.15, 0.2) is 0 Å². The van der Waals surface area contributed by atoms with E-state index in [2.05, 4.69) is 10.1 Å². The minimum Gasteiger partial charge on any atom is -0.478 e. The smallest absolute Gasteiger partial charge is 0.426 e. The fourth-order valence-electron chi connectivity index (χ4n) is 1.72. The molecule has 0 saturated heterocycles. The maximum Gasteiger partial charge on any atom is 0.426 e. The van der Waals surface area contributed by atoms with Gasteiger partial charge < -0.3 is 24.5 Å². The highest BCUT2D eigenvalue weighted by molar-refractivity contribution is 7.14. The van der Waals surface area contributed by atoms with Crippen molar-refractivity contribution in [3.05, 3.63) is 11.1 Å². The number of amides is 2. The van der Waals surface area contributed by atoms with Crippen molar-refractivity contribution < 1.29 is 43.7 Å². The number of carbonyl (C=O) groups is 4. The lowest BCUT2D eigenvalue weighted by Gasteiger charge is -2.27. The van der Waals surface area contributed by atoms with Crippen LogP contribution < -0.4 is 4.90 Å². The molecule has 0 radical (unpaired) electrons. The zero-order valence-electron chi connectivity index (χ0n) is 19.1. The lowest BCUT2D eigenvalue weighted by Crippen LogP contribution is -2.43. The third kappa shape index (κ3) is 7.80. The minimum absolute atomic E-state index is 0.241. The molecule has 0 saturated carbocycles. The summed E-state index contributed by atoms with van der Waals surface area (Å²) in [5.41, 5.74) is -4.69. The third-order valence-corrected chi connectivity index (χ3v) is 3.99. The van der Waals surface area contributed by atoms with E-state index in [-0.39, 0.29) is 10.8 Å². The third-order valence-electron chi connectivity index (χ3n) is 3.16. The second kappa shape index (κ2) is 9.51. The second-order valence-corrected chi connectivity index (χ2v) is 9.80. The standard InChI is InChI=1S/C19H27N3O9S/c1-17(2,3)29-15(27)22(16(28)30-18(4,5)6)14-20-10(9-32-14)11(12(23)24)21-31-19(7,8)13(25)26/h9H,1-8H3,(H,23,24)(H,25,26)/b21-11-. The van der Waals surface area contributed by atoms with Gasteiger partial charge in [-0.05, 0) is 55.4 Å². The fourth-order valence-corrected chi connectivity index (χ4v) is 2.50. The molecule has 0 bridgehead atoms. The van der Waals surface area contributed by atoms with Crippen LogP contribution in [0, 0.1) is 0 Å². The average Bonchev–Trinajstić information content (AvgIpc) is 3.00. The van der Waals surface area contributed by atoms with Gasteiger partial charge in [-0.25, -0.2) is 24.2 Å². The summed E-state index contributed by atoms with van der Waals surface area (Å²) in [7, 11) is 0. The molecule has 1 aromatic heterocycles. The lowest BCUT2D eigenvalue weighted by molar-refractivity contribution is -0.161. The number of oxime groups is 1. The molecule has 32 heavy (non-hydrogen) atoms. The molecular formula is C19H27N3O9S. The van der Waals surface area contributed by atoms with E-state index in [1.54, 1.807) is 41.5 Å². The van der Waals surface area contributed by atoms with Crippen LogP contribution in [0.15, 0.2) is 10.5 Å². The van der Waals surface area contributed by atoms with Crippen LogP contribution in [-0.4, -0.2) is 61.8 Å². The summed E-state index contributed by atoms with van der Waals surface area (Å²) in [6.07, 6.45) is -2.16. The summed E-state index contributed by atoms with van der Waals surface area (Å²) < 4.78 is 10.5. The van der Waals surface area contributed by atoms with E-state index in [1.165, 1.54) is 19.2 Å². The Kier molecular flexibility index (Phi) is 7.97. The van der Waals surface area contributed by atoms with Crippen LogP contribution >= 0.6 is 11.3 Å². The number of carboxylic acids is 2. The Bertz CT molecular complexity index is 895. The summed E-state index contributed by atoms with van der Waals surface area (Å²) in [5, 5.41) is 22.9. The van der Waals surface area contributed by atoms with Crippen molar-refractivity contribution in [1.82, 2.24) is 4.98 Å². The Balaban J connectivity index is 3.39. The summed E-state index contributed by atoms with van der Waals surface area (Å²) in [5.74, 6) is -2.94. The number of carboxylic acid groups (broad SMARTS) is 2. The number of aromatic nitrogens is 1. The maximum absolute atomic E-state index is 12.7. The van der Waals surface area contributed by atoms with E-state index in [1.807, 2.05) is 0 Å². The highest BCUT2D eigenvalue weighted by atomic mass is 32.1. The normalized spacial score (nSPS) is 12.7. The van der Waals surface area contributed by atoms with Gasteiger partial charge in [-0.1, -0.05) is 5.16 Å². The number of anilines is 1. The zero-order chi connectivity index (χ0) is 25.1. The van der Waals surface area contributed by atoms with Crippen molar-refractivity contribution in [3.8, 4) is 0 Å². The summed E-state index contributed by atoms with van der Waals surface area (Å²) >= 11 is 0.749. The van der Waals surface area contributed by atoms with Crippen LogP contribution in [0.5, 0.6) is 0 Å². The van der Waals surface area contributed by atoms with Crippen molar-refractivity contribution >= 4 is 46.3 Å². The first-order valence-corrected chi connectivity index (χ1v) is 10.2. The summed E-state index contributed by atoms with van der Waals surface area (Å²) in [6.45, 7) is 12.0. The van der Waals surface area contributed by atoms with Crippen LogP contribution in [-0.2, 0) is 23.9 Å². The van der Waals surface area contributed by atoms with E-state index in [0.29, 0.717) is 4.90 Å². The molecule has 12 nitrogen and oxygen atoms in total. The number of rotatable bonds is 6. The van der Waals surface area contributed by atoms with Crippen LogP contribution in [0.1, 0.15) is 61.1 Å². The van der Waals surface area contributed by atoms with Gasteiger partial charge >= 0.3 is 24.1 Å². The SMILES string of the molecule is CC(C)(C)OC(=O)N(C(=O)OC(C)(C)C)c1nc(/C(=N/OC(C)(C)C(=O)O)C(=O)O)cs1. The Hall–Kier alpha value is -3.22. The van der Waals surface area contributed by atoms with E-state index >= 15 is 0 Å². The van der Waals surface area contributed by atoms with Gasteiger partial charge in [-0.2, -0.15) is 4.90 Å². The Morgan fingerprint density at radius 3 is 1.78 bits per heavy atom. The van der Waals surface area contributed by atoms with Crippen LogP contribution in [0.25, 0.3) is 0 Å². The topological polar surface area (TPSA) is 165 Å². The number of imide groups is 1. The first kappa shape index (κ1) is 26.8. The van der Waals surface area contributed by atoms with Crippen molar-refractivity contribution in [2.45, 2.75) is 72.2 Å². The average molecular weight is 474 g/mol. The first-order valence-electron chi connectivity index (χ1n) is 9.29. The van der Waals surface area contributed by atoms with Gasteiger partial charge in [-0.15, -0.1) is 11.3 Å².